The smallest absolute Gasteiger partial charge is 0.218 e. The van der Waals surface area contributed by atoms with Gasteiger partial charge in [-0.05, 0) is 6.92 Å². The minimum atomic E-state index is -2.07. The number of methoxy groups -OCH3 is 1. The van der Waals surface area contributed by atoms with Crippen molar-refractivity contribution in [2.45, 2.75) is 56.3 Å². The van der Waals surface area contributed by atoms with Crippen molar-refractivity contribution in [1.82, 2.24) is 0 Å². The third-order valence-corrected chi connectivity index (χ3v) is 3.87. The zero-order valence-electron chi connectivity index (χ0n) is 13.5. The predicted molar refractivity (Wildman–Crippen MR) is 79.1 cm³/mol. The summed E-state index contributed by atoms with van der Waals surface area (Å²) < 4.78 is 15.2. The molecule has 0 spiro atoms. The molecule has 0 aliphatic carbocycles. The Balaban J connectivity index is 2.88. The summed E-state index contributed by atoms with van der Waals surface area (Å²) in [5, 5.41) is 67.6. The van der Waals surface area contributed by atoms with Crippen molar-refractivity contribution in [2.75, 3.05) is 20.3 Å². The van der Waals surface area contributed by atoms with Gasteiger partial charge in [0.1, 0.15) is 30.5 Å². The van der Waals surface area contributed by atoms with Gasteiger partial charge in [-0.1, -0.05) is 0 Å². The van der Waals surface area contributed by atoms with Crippen LogP contribution in [-0.4, -0.2) is 99.0 Å². The summed E-state index contributed by atoms with van der Waals surface area (Å²) in [4.78, 5) is 0. The molecular formula is C14H26O10. The first kappa shape index (κ1) is 21.1. The van der Waals surface area contributed by atoms with E-state index < -0.39 is 61.0 Å². The van der Waals surface area contributed by atoms with Crippen LogP contribution in [0.1, 0.15) is 13.3 Å². The molecule has 1 aliphatic heterocycles. The van der Waals surface area contributed by atoms with Crippen LogP contribution in [0.5, 0.6) is 0 Å². The maximum Gasteiger partial charge on any atom is 0.218 e. The molecule has 0 aromatic heterocycles. The second-order valence-electron chi connectivity index (χ2n) is 5.50. The molecule has 1 saturated heterocycles. The fraction of sp³-hybridized carbons (Fsp3) is 0.857. The number of aliphatic hydroxyl groups is 7. The first-order valence-electron chi connectivity index (χ1n) is 7.50. The van der Waals surface area contributed by atoms with Crippen molar-refractivity contribution in [3.63, 3.8) is 0 Å². The summed E-state index contributed by atoms with van der Waals surface area (Å²) in [6.07, 6.45) is -9.18. The number of hydrogen-bond acceptors (Lipinski definition) is 10. The van der Waals surface area contributed by atoms with E-state index in [2.05, 4.69) is 0 Å². The van der Waals surface area contributed by atoms with Crippen molar-refractivity contribution in [2.24, 2.45) is 0 Å². The Kier molecular flexibility index (Phi) is 8.33. The largest absolute Gasteiger partial charge is 0.506 e. The summed E-state index contributed by atoms with van der Waals surface area (Å²) in [5.41, 5.74) is 0. The minimum Gasteiger partial charge on any atom is -0.506 e. The molecule has 1 fully saturated rings. The number of rotatable bonds is 8. The van der Waals surface area contributed by atoms with E-state index in [0.29, 0.717) is 0 Å². The molecule has 24 heavy (non-hydrogen) atoms. The molecule has 7 unspecified atom stereocenters. The van der Waals surface area contributed by atoms with Gasteiger partial charge in [0, 0.05) is 20.1 Å². The van der Waals surface area contributed by atoms with E-state index in [-0.39, 0.29) is 13.0 Å². The lowest BCUT2D eigenvalue weighted by Gasteiger charge is -2.41. The predicted octanol–water partition coefficient (Wildman–Crippen LogP) is -2.08. The van der Waals surface area contributed by atoms with E-state index in [9.17, 15) is 30.6 Å². The molecule has 0 saturated carbocycles. The summed E-state index contributed by atoms with van der Waals surface area (Å²) in [6.45, 7) is 0.594. The van der Waals surface area contributed by atoms with Crippen LogP contribution < -0.4 is 0 Å². The highest BCUT2D eigenvalue weighted by molar-refractivity contribution is 5.07. The molecule has 10 nitrogen and oxygen atoms in total. The zero-order valence-corrected chi connectivity index (χ0v) is 13.5. The van der Waals surface area contributed by atoms with E-state index in [1.807, 2.05) is 0 Å². The Morgan fingerprint density at radius 3 is 2.25 bits per heavy atom. The van der Waals surface area contributed by atoms with E-state index in [0.717, 1.165) is 0 Å². The van der Waals surface area contributed by atoms with Crippen molar-refractivity contribution in [3.8, 4) is 0 Å². The molecule has 1 aliphatic rings. The van der Waals surface area contributed by atoms with Gasteiger partial charge in [-0.15, -0.1) is 0 Å². The second-order valence-corrected chi connectivity index (χ2v) is 5.50. The molecule has 10 heteroatoms. The highest BCUT2D eigenvalue weighted by Crippen LogP contribution is 2.25. The van der Waals surface area contributed by atoms with E-state index in [1.165, 1.54) is 14.0 Å². The molecule has 0 bridgehead atoms. The molecule has 0 aromatic rings. The number of ether oxygens (including phenoxy) is 3. The van der Waals surface area contributed by atoms with Gasteiger partial charge in [0.25, 0.3) is 0 Å². The molecule has 1 heterocycles. The monoisotopic (exact) mass is 354 g/mol. The van der Waals surface area contributed by atoms with Gasteiger partial charge in [-0.25, -0.2) is 0 Å². The SMILES string of the molecule is COC(CCO)/C(O)=C(\O)C(O)OC1C(CO)OC(C)C(O)C1O. The lowest BCUT2D eigenvalue weighted by atomic mass is 9.96. The van der Waals surface area contributed by atoms with Crippen LogP contribution in [-0.2, 0) is 14.2 Å². The third kappa shape index (κ3) is 4.77. The lowest BCUT2D eigenvalue weighted by Crippen LogP contribution is -2.59. The number of hydrogen-bond donors (Lipinski definition) is 7. The van der Waals surface area contributed by atoms with E-state index in [4.69, 9.17) is 19.3 Å². The summed E-state index contributed by atoms with van der Waals surface area (Å²) in [6, 6.07) is 0. The maximum absolute atomic E-state index is 10.0. The fourth-order valence-electron chi connectivity index (χ4n) is 2.43. The van der Waals surface area contributed by atoms with Crippen LogP contribution in [0.25, 0.3) is 0 Å². The average molecular weight is 354 g/mol. The van der Waals surface area contributed by atoms with Crippen LogP contribution in [0, 0.1) is 0 Å². The molecule has 0 aromatic carbocycles. The Hall–Kier alpha value is -0.980. The average Bonchev–Trinajstić information content (AvgIpc) is 2.58. The molecule has 7 atom stereocenters. The highest BCUT2D eigenvalue weighted by Gasteiger charge is 2.44. The van der Waals surface area contributed by atoms with E-state index in [1.54, 1.807) is 0 Å². The van der Waals surface area contributed by atoms with Crippen LogP contribution in [0.3, 0.4) is 0 Å². The molecule has 142 valence electrons. The van der Waals surface area contributed by atoms with Gasteiger partial charge < -0.3 is 50.0 Å². The first-order chi connectivity index (χ1) is 11.3. The molecule has 7 N–H and O–H groups in total. The fourth-order valence-corrected chi connectivity index (χ4v) is 2.43. The van der Waals surface area contributed by atoms with Crippen molar-refractivity contribution in [3.05, 3.63) is 11.5 Å². The Labute approximate surface area is 139 Å². The second kappa shape index (κ2) is 9.49. The van der Waals surface area contributed by atoms with Crippen molar-refractivity contribution < 1.29 is 50.0 Å². The van der Waals surface area contributed by atoms with Crippen molar-refractivity contribution in [1.29, 1.82) is 0 Å². The van der Waals surface area contributed by atoms with Gasteiger partial charge >= 0.3 is 0 Å². The maximum atomic E-state index is 10.0. The van der Waals surface area contributed by atoms with E-state index >= 15 is 0 Å². The van der Waals surface area contributed by atoms with Crippen LogP contribution in [0.4, 0.5) is 0 Å². The van der Waals surface area contributed by atoms with Crippen LogP contribution >= 0.6 is 0 Å². The van der Waals surface area contributed by atoms with Gasteiger partial charge in [0.05, 0.1) is 12.7 Å². The standard InChI is InChI=1S/C14H26O10/c1-6-9(17)11(19)13(8(5-16)23-6)24-14(21)12(20)10(18)7(22-2)3-4-15/h6-9,11,13-21H,3-5H2,1-2H3/b12-10+. The van der Waals surface area contributed by atoms with Crippen molar-refractivity contribution >= 4 is 0 Å². The van der Waals surface area contributed by atoms with Crippen LogP contribution in [0.15, 0.2) is 11.5 Å². The third-order valence-electron chi connectivity index (χ3n) is 3.87. The summed E-state index contributed by atoms with van der Waals surface area (Å²) in [7, 11) is 1.23. The number of aliphatic hydroxyl groups excluding tert-OH is 7. The molecule has 1 rings (SSSR count). The zero-order chi connectivity index (χ0) is 18.4. The van der Waals surface area contributed by atoms with Gasteiger partial charge in [0.2, 0.25) is 6.29 Å². The Morgan fingerprint density at radius 1 is 1.12 bits per heavy atom. The Bertz CT molecular complexity index is 412. The first-order valence-corrected chi connectivity index (χ1v) is 7.50. The van der Waals surface area contributed by atoms with Gasteiger partial charge in [0.15, 0.2) is 11.5 Å². The molecular weight excluding hydrogens is 328 g/mol. The molecule has 0 radical (unpaired) electrons. The summed E-state index contributed by atoms with van der Waals surface area (Å²) >= 11 is 0. The molecule has 0 amide bonds. The van der Waals surface area contributed by atoms with Gasteiger partial charge in [-0.2, -0.15) is 0 Å². The Morgan fingerprint density at radius 2 is 1.75 bits per heavy atom. The van der Waals surface area contributed by atoms with Crippen LogP contribution in [0.2, 0.25) is 0 Å². The topological polar surface area (TPSA) is 169 Å². The minimum absolute atomic E-state index is 0.0379. The normalized spacial score (nSPS) is 34.5. The lowest BCUT2D eigenvalue weighted by molar-refractivity contribution is -0.269. The highest BCUT2D eigenvalue weighted by atomic mass is 16.6. The summed E-state index contributed by atoms with van der Waals surface area (Å²) in [5.74, 6) is -1.73. The quantitative estimate of drug-likeness (QED) is 0.190. The van der Waals surface area contributed by atoms with Gasteiger partial charge in [-0.3, -0.25) is 0 Å².